The van der Waals surface area contributed by atoms with Crippen LogP contribution in [0.3, 0.4) is 0 Å². The summed E-state index contributed by atoms with van der Waals surface area (Å²) in [6.07, 6.45) is 13.3. The molecular formula is C16H24O3. The molecule has 0 aliphatic heterocycles. The van der Waals surface area contributed by atoms with E-state index in [1.807, 2.05) is 0 Å². The number of hydrogen-bond donors (Lipinski definition) is 1. The molecule has 1 N–H and O–H groups in total. The molecule has 3 fully saturated rings. The van der Waals surface area contributed by atoms with Gasteiger partial charge in [0, 0.05) is 12.3 Å². The summed E-state index contributed by atoms with van der Waals surface area (Å²) in [6, 6.07) is 0. The molecule has 2 bridgehead atoms. The Morgan fingerprint density at radius 1 is 1.11 bits per heavy atom. The summed E-state index contributed by atoms with van der Waals surface area (Å²) in [5.41, 5.74) is 0. The van der Waals surface area contributed by atoms with Gasteiger partial charge in [-0.15, -0.1) is 0 Å². The van der Waals surface area contributed by atoms with Crippen LogP contribution in [0.25, 0.3) is 0 Å². The van der Waals surface area contributed by atoms with Gasteiger partial charge in [-0.1, -0.05) is 12.2 Å². The molecule has 19 heavy (non-hydrogen) atoms. The van der Waals surface area contributed by atoms with Gasteiger partial charge < -0.3 is 9.90 Å². The van der Waals surface area contributed by atoms with Crippen molar-refractivity contribution in [3.63, 3.8) is 0 Å². The van der Waals surface area contributed by atoms with Crippen LogP contribution in [0.4, 0.5) is 0 Å². The molecule has 2 atom stereocenters. The molecule has 3 aliphatic carbocycles. The third-order valence-corrected chi connectivity index (χ3v) is 4.95. The number of hydrogen-bond acceptors (Lipinski definition) is 2. The van der Waals surface area contributed by atoms with Crippen LogP contribution in [0.5, 0.6) is 0 Å². The van der Waals surface area contributed by atoms with Crippen LogP contribution in [0.1, 0.15) is 51.4 Å². The van der Waals surface area contributed by atoms with Crippen molar-refractivity contribution in [2.24, 2.45) is 23.7 Å². The predicted octanol–water partition coefficient (Wildman–Crippen LogP) is 3.44. The number of carbonyl (C=O) groups is 2. The lowest BCUT2D eigenvalue weighted by Crippen LogP contribution is -2.40. The van der Waals surface area contributed by atoms with Crippen LogP contribution in [0.2, 0.25) is 0 Å². The van der Waals surface area contributed by atoms with E-state index >= 15 is 0 Å². The van der Waals surface area contributed by atoms with E-state index in [1.165, 1.54) is 32.0 Å². The molecule has 0 amide bonds. The van der Waals surface area contributed by atoms with E-state index in [-0.39, 0.29) is 12.3 Å². The highest BCUT2D eigenvalue weighted by Crippen LogP contribution is 2.49. The molecule has 3 saturated carbocycles. The minimum Gasteiger partial charge on any atom is -0.481 e. The van der Waals surface area contributed by atoms with Crippen LogP contribution < -0.4 is 0 Å². The van der Waals surface area contributed by atoms with Crippen LogP contribution in [0.15, 0.2) is 12.2 Å². The van der Waals surface area contributed by atoms with Crippen molar-refractivity contribution in [1.29, 1.82) is 0 Å². The maximum Gasteiger partial charge on any atom is 0.303 e. The van der Waals surface area contributed by atoms with Gasteiger partial charge in [-0.25, -0.2) is 0 Å². The Bertz CT molecular complexity index is 340. The van der Waals surface area contributed by atoms with Gasteiger partial charge in [0.15, 0.2) is 0 Å². The lowest BCUT2D eigenvalue weighted by molar-refractivity contribution is -0.137. The number of carboxylic acids is 1. The molecule has 0 heterocycles. The predicted molar refractivity (Wildman–Crippen MR) is 73.7 cm³/mol. The summed E-state index contributed by atoms with van der Waals surface area (Å²) in [7, 11) is 0. The Morgan fingerprint density at radius 3 is 2.42 bits per heavy atom. The van der Waals surface area contributed by atoms with E-state index in [0.717, 1.165) is 18.8 Å². The quantitative estimate of drug-likeness (QED) is 0.435. The number of aliphatic carboxylic acids is 1. The lowest BCUT2D eigenvalue weighted by Gasteiger charge is -2.46. The second kappa shape index (κ2) is 6.88. The van der Waals surface area contributed by atoms with Gasteiger partial charge in [-0.3, -0.25) is 4.79 Å². The molecule has 0 aromatic carbocycles. The van der Waals surface area contributed by atoms with Crippen molar-refractivity contribution in [3.05, 3.63) is 12.2 Å². The fourth-order valence-electron chi connectivity index (χ4n) is 3.93. The average molecular weight is 264 g/mol. The minimum absolute atomic E-state index is 0.245. The zero-order chi connectivity index (χ0) is 13.7. The molecule has 3 heteroatoms. The van der Waals surface area contributed by atoms with Crippen molar-refractivity contribution >= 4 is 12.3 Å². The van der Waals surface area contributed by atoms with Crippen molar-refractivity contribution in [2.75, 3.05) is 0 Å². The second-order valence-corrected chi connectivity index (χ2v) is 6.05. The molecule has 0 unspecified atom stereocenters. The van der Waals surface area contributed by atoms with Crippen LogP contribution >= 0.6 is 0 Å². The van der Waals surface area contributed by atoms with Gasteiger partial charge in [0.2, 0.25) is 0 Å². The van der Waals surface area contributed by atoms with Crippen LogP contribution in [-0.4, -0.2) is 17.4 Å². The third kappa shape index (κ3) is 3.68. The van der Waals surface area contributed by atoms with Crippen molar-refractivity contribution in [3.8, 4) is 0 Å². The highest BCUT2D eigenvalue weighted by atomic mass is 16.4. The van der Waals surface area contributed by atoms with Crippen LogP contribution in [-0.2, 0) is 9.59 Å². The number of fused-ring (bicyclic) bond motifs is 3. The summed E-state index contributed by atoms with van der Waals surface area (Å²) >= 11 is 0. The first-order valence-corrected chi connectivity index (χ1v) is 7.54. The Labute approximate surface area is 115 Å². The number of carbonyl (C=O) groups excluding carboxylic acids is 1. The fourth-order valence-corrected chi connectivity index (χ4v) is 3.93. The standard InChI is InChI=1S/C16H24O3/c17-11-15-13-9-7-12(8-10-13)14(15)5-3-1-2-4-6-16(18)19/h1,3,11-15H,2,4-10H2,(H,18,19)/b3-1-/t12?,13?,14-,15-/m1/s1. The molecule has 0 aromatic rings. The maximum absolute atomic E-state index is 11.3. The summed E-state index contributed by atoms with van der Waals surface area (Å²) in [6.45, 7) is 0. The number of rotatable bonds is 7. The Balaban J connectivity index is 1.76. The van der Waals surface area contributed by atoms with Gasteiger partial charge in [0.05, 0.1) is 0 Å². The number of aldehydes is 1. The third-order valence-electron chi connectivity index (χ3n) is 4.95. The van der Waals surface area contributed by atoms with Crippen molar-refractivity contribution < 1.29 is 14.7 Å². The lowest BCUT2D eigenvalue weighted by atomic mass is 9.58. The van der Waals surface area contributed by atoms with Gasteiger partial charge in [-0.2, -0.15) is 0 Å². The topological polar surface area (TPSA) is 54.4 Å². The van der Waals surface area contributed by atoms with Gasteiger partial charge in [0.25, 0.3) is 0 Å². The zero-order valence-corrected chi connectivity index (χ0v) is 11.5. The molecule has 3 aliphatic rings. The zero-order valence-electron chi connectivity index (χ0n) is 11.5. The normalized spacial score (nSPS) is 33.7. The second-order valence-electron chi connectivity index (χ2n) is 6.05. The first-order chi connectivity index (χ1) is 9.22. The van der Waals surface area contributed by atoms with Gasteiger partial charge in [-0.05, 0) is 62.7 Å². The molecular weight excluding hydrogens is 240 g/mol. The smallest absolute Gasteiger partial charge is 0.303 e. The summed E-state index contributed by atoms with van der Waals surface area (Å²) in [4.78, 5) is 21.7. The monoisotopic (exact) mass is 264 g/mol. The van der Waals surface area contributed by atoms with E-state index in [4.69, 9.17) is 5.11 Å². The van der Waals surface area contributed by atoms with Gasteiger partial charge in [0.1, 0.15) is 6.29 Å². The van der Waals surface area contributed by atoms with Crippen molar-refractivity contribution in [1.82, 2.24) is 0 Å². The summed E-state index contributed by atoms with van der Waals surface area (Å²) in [5.74, 6) is 1.47. The highest BCUT2D eigenvalue weighted by Gasteiger charge is 2.42. The SMILES string of the molecule is O=C[C@@H]1C2CCC(CC2)[C@H]1C/C=C\CCCC(=O)O. The molecule has 0 radical (unpaired) electrons. The molecule has 0 spiro atoms. The van der Waals surface area contributed by atoms with Crippen LogP contribution in [0, 0.1) is 23.7 Å². The van der Waals surface area contributed by atoms with E-state index in [0.29, 0.717) is 18.3 Å². The molecule has 3 rings (SSSR count). The molecule has 3 nitrogen and oxygen atoms in total. The summed E-state index contributed by atoms with van der Waals surface area (Å²) < 4.78 is 0. The first kappa shape index (κ1) is 14.3. The summed E-state index contributed by atoms with van der Waals surface area (Å²) in [5, 5.41) is 8.55. The Hall–Kier alpha value is -1.12. The number of unbranched alkanes of at least 4 members (excludes halogenated alkanes) is 1. The van der Waals surface area contributed by atoms with E-state index in [1.54, 1.807) is 0 Å². The highest BCUT2D eigenvalue weighted by molar-refractivity contribution is 5.66. The minimum atomic E-state index is -0.723. The molecule has 0 saturated heterocycles. The van der Waals surface area contributed by atoms with Gasteiger partial charge >= 0.3 is 5.97 Å². The fraction of sp³-hybridized carbons (Fsp3) is 0.750. The molecule has 0 aromatic heterocycles. The molecule has 106 valence electrons. The Morgan fingerprint density at radius 2 is 1.79 bits per heavy atom. The van der Waals surface area contributed by atoms with E-state index < -0.39 is 5.97 Å². The van der Waals surface area contributed by atoms with Crippen molar-refractivity contribution in [2.45, 2.75) is 51.4 Å². The maximum atomic E-state index is 11.3. The average Bonchev–Trinajstić information content (AvgIpc) is 2.43. The van der Waals surface area contributed by atoms with E-state index in [2.05, 4.69) is 12.2 Å². The largest absolute Gasteiger partial charge is 0.481 e. The number of allylic oxidation sites excluding steroid dienone is 2. The van der Waals surface area contributed by atoms with E-state index in [9.17, 15) is 9.59 Å². The first-order valence-electron chi connectivity index (χ1n) is 7.54. The Kier molecular flexibility index (Phi) is 5.17. The number of carboxylic acid groups (broad SMARTS) is 1.